The lowest BCUT2D eigenvalue weighted by Crippen LogP contribution is -2.38. The molecule has 3 amide bonds. The number of carbonyl (C=O) groups is 6. The Hall–Kier alpha value is -8.55. The van der Waals surface area contributed by atoms with Crippen LogP contribution in [0.3, 0.4) is 0 Å². The fraction of sp³-hybridized carbons (Fsp3) is 0.300. The molecule has 0 saturated heterocycles. The zero-order chi connectivity index (χ0) is 50.9. The summed E-state index contributed by atoms with van der Waals surface area (Å²) < 4.78 is 0. The molecule has 0 aliphatic carbocycles. The van der Waals surface area contributed by atoms with Crippen LogP contribution in [0.1, 0.15) is 56.7 Å². The number of rotatable bonds is 18. The predicted octanol–water partition coefficient (Wildman–Crippen LogP) is 4.12. The van der Waals surface area contributed by atoms with Gasteiger partial charge in [0, 0.05) is 64.2 Å². The molecule has 6 N–H and O–H groups in total. The van der Waals surface area contributed by atoms with Gasteiger partial charge in [-0.1, -0.05) is 57.2 Å². The zero-order valence-electron chi connectivity index (χ0n) is 38.9. The van der Waals surface area contributed by atoms with Crippen LogP contribution in [0.2, 0.25) is 0 Å². The summed E-state index contributed by atoms with van der Waals surface area (Å²) in [7, 11) is 0. The third-order valence-electron chi connectivity index (χ3n) is 10.7. The summed E-state index contributed by atoms with van der Waals surface area (Å²) >= 11 is 0. The first-order valence-corrected chi connectivity index (χ1v) is 22.5. The van der Waals surface area contributed by atoms with E-state index in [-0.39, 0.29) is 73.3 Å². The van der Waals surface area contributed by atoms with Crippen molar-refractivity contribution in [2.24, 2.45) is 0 Å². The number of aromatic amines is 3. The first kappa shape index (κ1) is 52.4. The predicted molar refractivity (Wildman–Crippen MR) is 261 cm³/mol. The van der Waals surface area contributed by atoms with E-state index < -0.39 is 17.9 Å². The molecule has 366 valence electrons. The van der Waals surface area contributed by atoms with Crippen LogP contribution in [-0.4, -0.2) is 130 Å². The van der Waals surface area contributed by atoms with Gasteiger partial charge in [0.25, 0.3) is 16.7 Å². The van der Waals surface area contributed by atoms with Crippen molar-refractivity contribution in [2.45, 2.75) is 59.3 Å². The van der Waals surface area contributed by atoms with Crippen LogP contribution < -0.4 is 16.7 Å². The van der Waals surface area contributed by atoms with E-state index in [0.717, 1.165) is 27.1 Å². The minimum atomic E-state index is -1.07. The van der Waals surface area contributed by atoms with Crippen molar-refractivity contribution >= 4 is 79.5 Å². The van der Waals surface area contributed by atoms with Gasteiger partial charge >= 0.3 is 17.9 Å². The number of amides is 3. The molecule has 7 aromatic rings. The molecule has 0 aliphatic rings. The number of carboxylic acids is 3. The second kappa shape index (κ2) is 25.0. The minimum absolute atomic E-state index is 0.104. The number of aliphatic carboxylic acids is 3. The van der Waals surface area contributed by atoms with Crippen LogP contribution in [0.5, 0.6) is 0 Å². The van der Waals surface area contributed by atoms with Gasteiger partial charge in [-0.05, 0) is 73.2 Å². The van der Waals surface area contributed by atoms with Gasteiger partial charge in [-0.3, -0.25) is 43.2 Å². The maximum absolute atomic E-state index is 12.4. The van der Waals surface area contributed by atoms with Crippen molar-refractivity contribution in [2.75, 3.05) is 39.3 Å². The molecule has 70 heavy (non-hydrogen) atoms. The first-order valence-electron chi connectivity index (χ1n) is 22.5. The van der Waals surface area contributed by atoms with Crippen molar-refractivity contribution < 1.29 is 44.1 Å². The van der Waals surface area contributed by atoms with Gasteiger partial charge in [0.2, 0.25) is 17.7 Å². The van der Waals surface area contributed by atoms with Gasteiger partial charge in [0.05, 0.1) is 24.8 Å². The molecule has 5 heterocycles. The summed E-state index contributed by atoms with van der Waals surface area (Å²) in [4.78, 5) is 126. The third kappa shape index (κ3) is 14.7. The van der Waals surface area contributed by atoms with E-state index in [9.17, 15) is 43.2 Å². The molecule has 0 saturated carbocycles. The van der Waals surface area contributed by atoms with Gasteiger partial charge in [-0.15, -0.1) is 0 Å². The zero-order valence-corrected chi connectivity index (χ0v) is 38.9. The number of fused-ring (bicyclic) bond motifs is 4. The molecule has 20 nitrogen and oxygen atoms in total. The number of nitrogens with zero attached hydrogens (tertiary/aromatic N) is 5. The van der Waals surface area contributed by atoms with Crippen molar-refractivity contribution in [3.8, 4) is 0 Å². The lowest BCUT2D eigenvalue weighted by Gasteiger charge is -2.19. The fourth-order valence-corrected chi connectivity index (χ4v) is 7.45. The summed E-state index contributed by atoms with van der Waals surface area (Å²) in [5.74, 6) is -4.32. The summed E-state index contributed by atoms with van der Waals surface area (Å²) in [5, 5.41) is 29.9. The summed E-state index contributed by atoms with van der Waals surface area (Å²) in [6, 6.07) is 25.2. The van der Waals surface area contributed by atoms with Gasteiger partial charge in [-0.2, -0.15) is 0 Å². The molecule has 0 radical (unpaired) electrons. The molecule has 0 fully saturated rings. The maximum atomic E-state index is 12.4. The second-order valence-electron chi connectivity index (χ2n) is 16.2. The number of H-pyrrole nitrogens is 3. The Morgan fingerprint density at radius 2 is 0.900 bits per heavy atom. The lowest BCUT2D eigenvalue weighted by atomic mass is 10.1. The number of aromatic nitrogens is 5. The Kier molecular flexibility index (Phi) is 18.7. The largest absolute Gasteiger partial charge is 0.480 e. The van der Waals surface area contributed by atoms with Crippen LogP contribution in [-0.2, 0) is 48.0 Å². The van der Waals surface area contributed by atoms with Crippen molar-refractivity contribution in [1.29, 1.82) is 0 Å². The number of hydrogen-bond donors (Lipinski definition) is 6. The minimum Gasteiger partial charge on any atom is -0.480 e. The van der Waals surface area contributed by atoms with Gasteiger partial charge in [0.15, 0.2) is 0 Å². The molecule has 0 bridgehead atoms. The normalized spacial score (nSPS) is 10.7. The van der Waals surface area contributed by atoms with Crippen molar-refractivity contribution in [1.82, 2.24) is 39.6 Å². The highest BCUT2D eigenvalue weighted by Crippen LogP contribution is 2.18. The fourth-order valence-electron chi connectivity index (χ4n) is 7.45. The van der Waals surface area contributed by atoms with E-state index in [1.54, 1.807) is 42.6 Å². The van der Waals surface area contributed by atoms with E-state index in [0.29, 0.717) is 72.4 Å². The molecule has 0 unspecified atom stereocenters. The number of hydrogen-bond acceptors (Lipinski definition) is 11. The molecule has 0 spiro atoms. The Morgan fingerprint density at radius 1 is 0.486 bits per heavy atom. The number of pyridine rings is 5. The van der Waals surface area contributed by atoms with Crippen molar-refractivity contribution in [3.63, 3.8) is 0 Å². The summed E-state index contributed by atoms with van der Waals surface area (Å²) in [6.07, 6.45) is 3.14. The van der Waals surface area contributed by atoms with Gasteiger partial charge < -0.3 is 45.0 Å². The molecule has 0 atom stereocenters. The molecule has 7 rings (SSSR count). The molecular formula is C50H54N8O12. The van der Waals surface area contributed by atoms with Gasteiger partial charge in [0.1, 0.15) is 30.9 Å². The molecule has 2 aromatic carbocycles. The highest BCUT2D eigenvalue weighted by atomic mass is 16.4. The standard InChI is InChI=1S/C19H19N3O4.C16H18N2O4.C15H17N3O4/c1-2-7-22(11-17(24)25)16(23)10-14-9-13-8-12-5-3-4-6-15(12)20-18(13)21-19(14)26;1-2-7-18(10-15(20)21)14(19)9-12-8-11-5-3-4-6-13(11)17-16(12)22;1-2-6-18(9-13(20)21)12(19)8-11-7-10-4-3-5-16-14(10)17-15(11)22/h3-6,8-9H,2,7,10-11H2,1H3,(H,24,25)(H,20,21,26);3-6,8H,2,7,9-10H2,1H3,(H,17,22)(H,20,21);3-5,7H,2,6,8-9H2,1H3,(H,20,21)(H,16,17,22). The Bertz CT molecular complexity index is 3090. The van der Waals surface area contributed by atoms with Crippen LogP contribution in [0.4, 0.5) is 0 Å². The van der Waals surface area contributed by atoms with Crippen LogP contribution in [0.25, 0.3) is 43.9 Å². The number of carbonyl (C=O) groups excluding carboxylic acids is 3. The number of para-hydroxylation sites is 2. The number of benzene rings is 2. The topological polar surface area (TPSA) is 297 Å². The molecule has 0 aliphatic heterocycles. The number of carboxylic acid groups (broad SMARTS) is 3. The Labute approximate surface area is 399 Å². The second-order valence-corrected chi connectivity index (χ2v) is 16.2. The maximum Gasteiger partial charge on any atom is 0.323 e. The van der Waals surface area contributed by atoms with Crippen molar-refractivity contribution in [3.05, 3.63) is 139 Å². The molecule has 5 aromatic heterocycles. The van der Waals surface area contributed by atoms with Crippen LogP contribution in [0, 0.1) is 0 Å². The van der Waals surface area contributed by atoms with Crippen LogP contribution in [0.15, 0.2) is 106 Å². The SMILES string of the molecule is CCCN(CC(=O)O)C(=O)Cc1cc2cc3ccccc3nc2[nH]c1=O.CCCN(CC(=O)O)C(=O)Cc1cc2ccccc2[nH]c1=O.CCCN(CC(=O)O)C(=O)Cc1cc2cccnc2[nH]c1=O. The van der Waals surface area contributed by atoms with E-state index in [1.165, 1.54) is 14.7 Å². The molecule has 20 heteroatoms. The van der Waals surface area contributed by atoms with E-state index in [1.807, 2.05) is 69.3 Å². The first-order chi connectivity index (χ1) is 33.5. The quantitative estimate of drug-likeness (QED) is 0.0660. The van der Waals surface area contributed by atoms with E-state index >= 15 is 0 Å². The summed E-state index contributed by atoms with van der Waals surface area (Å²) in [5.41, 5.74) is 2.25. The van der Waals surface area contributed by atoms with Crippen LogP contribution >= 0.6 is 0 Å². The lowest BCUT2D eigenvalue weighted by molar-refractivity contribution is -0.144. The Balaban J connectivity index is 0.000000197. The summed E-state index contributed by atoms with van der Waals surface area (Å²) in [6.45, 7) is 5.54. The average molecular weight is 959 g/mol. The monoisotopic (exact) mass is 958 g/mol. The smallest absolute Gasteiger partial charge is 0.323 e. The highest BCUT2D eigenvalue weighted by Gasteiger charge is 2.21. The van der Waals surface area contributed by atoms with E-state index in [4.69, 9.17) is 15.3 Å². The highest BCUT2D eigenvalue weighted by molar-refractivity contribution is 5.92. The van der Waals surface area contributed by atoms with E-state index in [2.05, 4.69) is 24.9 Å². The average Bonchev–Trinajstić information content (AvgIpc) is 3.31. The number of nitrogens with one attached hydrogen (secondary N) is 3. The Morgan fingerprint density at radius 3 is 1.40 bits per heavy atom. The molecular weight excluding hydrogens is 905 g/mol. The third-order valence-corrected chi connectivity index (χ3v) is 10.7. The van der Waals surface area contributed by atoms with Gasteiger partial charge in [-0.25, -0.2) is 9.97 Å².